The maximum absolute atomic E-state index is 5.75. The van der Waals surface area contributed by atoms with Gasteiger partial charge in [-0.05, 0) is 53.8 Å². The second-order valence-corrected chi connectivity index (χ2v) is 5.82. The van der Waals surface area contributed by atoms with Gasteiger partial charge in [-0.2, -0.15) is 0 Å². The number of nitrogens with zero attached hydrogens (tertiary/aromatic N) is 1. The lowest BCUT2D eigenvalue weighted by Gasteiger charge is -2.11. The van der Waals surface area contributed by atoms with Gasteiger partial charge in [-0.15, -0.1) is 0 Å². The van der Waals surface area contributed by atoms with Crippen molar-refractivity contribution in [2.75, 3.05) is 20.0 Å². The summed E-state index contributed by atoms with van der Waals surface area (Å²) in [5.41, 5.74) is 10.3. The van der Waals surface area contributed by atoms with Crippen molar-refractivity contribution in [3.8, 4) is 22.6 Å². The maximum Gasteiger partial charge on any atom is 0.161 e. The summed E-state index contributed by atoms with van der Waals surface area (Å²) in [6.07, 6.45) is 1.78. The van der Waals surface area contributed by atoms with Crippen LogP contribution in [0.3, 0.4) is 0 Å². The van der Waals surface area contributed by atoms with Crippen molar-refractivity contribution in [3.63, 3.8) is 0 Å². The van der Waals surface area contributed by atoms with Gasteiger partial charge < -0.3 is 15.2 Å². The summed E-state index contributed by atoms with van der Waals surface area (Å²) in [6, 6.07) is 20.2. The van der Waals surface area contributed by atoms with Crippen molar-refractivity contribution in [3.05, 3.63) is 71.9 Å². The summed E-state index contributed by atoms with van der Waals surface area (Å²) >= 11 is 0. The highest BCUT2D eigenvalue weighted by molar-refractivity contribution is 5.67. The highest BCUT2D eigenvalue weighted by atomic mass is 16.5. The summed E-state index contributed by atoms with van der Waals surface area (Å²) in [5.74, 6) is 2.03. The Morgan fingerprint density at radius 2 is 1.56 bits per heavy atom. The van der Waals surface area contributed by atoms with Crippen LogP contribution < -0.4 is 15.2 Å². The number of pyridine rings is 1. The Morgan fingerprint density at radius 1 is 0.800 bits per heavy atom. The quantitative estimate of drug-likeness (QED) is 0.736. The third kappa shape index (κ3) is 4.10. The van der Waals surface area contributed by atoms with Crippen LogP contribution in [0.15, 0.2) is 60.7 Å². The molecule has 1 aromatic heterocycles. The Kier molecular flexibility index (Phi) is 5.19. The molecular weight excluding hydrogens is 312 g/mol. The maximum atomic E-state index is 5.75. The van der Waals surface area contributed by atoms with Gasteiger partial charge in [0.25, 0.3) is 0 Å². The summed E-state index contributed by atoms with van der Waals surface area (Å²) in [4.78, 5) is 4.36. The molecule has 0 unspecified atom stereocenters. The molecule has 0 aliphatic heterocycles. The van der Waals surface area contributed by atoms with Crippen LogP contribution in [-0.4, -0.2) is 19.2 Å². The molecular formula is C21H22N2O2. The molecule has 4 nitrogen and oxygen atoms in total. The van der Waals surface area contributed by atoms with Gasteiger partial charge in [-0.1, -0.05) is 36.4 Å². The topological polar surface area (TPSA) is 57.4 Å². The molecule has 0 aliphatic rings. The van der Waals surface area contributed by atoms with E-state index in [1.165, 1.54) is 5.56 Å². The van der Waals surface area contributed by atoms with Crippen LogP contribution in [0.1, 0.15) is 11.3 Å². The van der Waals surface area contributed by atoms with E-state index in [1.54, 1.807) is 20.3 Å². The van der Waals surface area contributed by atoms with Gasteiger partial charge in [-0.3, -0.25) is 0 Å². The molecule has 2 aromatic carbocycles. The third-order valence-corrected chi connectivity index (χ3v) is 4.14. The Hall–Kier alpha value is -3.01. The molecule has 0 amide bonds. The van der Waals surface area contributed by atoms with Crippen molar-refractivity contribution < 1.29 is 9.47 Å². The summed E-state index contributed by atoms with van der Waals surface area (Å²) < 4.78 is 10.7. The molecule has 0 spiro atoms. The van der Waals surface area contributed by atoms with E-state index in [0.717, 1.165) is 41.2 Å². The SMILES string of the molecule is COc1ccc(-c2cccc(CCc3cccc(N)n3)c2)cc1OC. The summed E-state index contributed by atoms with van der Waals surface area (Å²) in [6.45, 7) is 0. The minimum atomic E-state index is 0.566. The lowest BCUT2D eigenvalue weighted by Crippen LogP contribution is -1.98. The molecule has 0 aliphatic carbocycles. The zero-order chi connectivity index (χ0) is 17.6. The highest BCUT2D eigenvalue weighted by Gasteiger charge is 2.07. The predicted octanol–water partition coefficient (Wildman–Crippen LogP) is 4.13. The van der Waals surface area contributed by atoms with E-state index in [2.05, 4.69) is 29.2 Å². The number of hydrogen-bond acceptors (Lipinski definition) is 4. The smallest absolute Gasteiger partial charge is 0.161 e. The van der Waals surface area contributed by atoms with Crippen LogP contribution in [0, 0.1) is 0 Å². The number of nitrogen functional groups attached to an aromatic ring is 1. The van der Waals surface area contributed by atoms with Gasteiger partial charge in [0.1, 0.15) is 5.82 Å². The molecule has 0 saturated heterocycles. The molecule has 0 fully saturated rings. The Labute approximate surface area is 148 Å². The van der Waals surface area contributed by atoms with E-state index in [0.29, 0.717) is 5.82 Å². The van der Waals surface area contributed by atoms with E-state index in [4.69, 9.17) is 15.2 Å². The molecule has 3 aromatic rings. The number of benzene rings is 2. The average Bonchev–Trinajstić information content (AvgIpc) is 2.66. The van der Waals surface area contributed by atoms with E-state index in [-0.39, 0.29) is 0 Å². The van der Waals surface area contributed by atoms with Gasteiger partial charge in [-0.25, -0.2) is 4.98 Å². The fraction of sp³-hybridized carbons (Fsp3) is 0.190. The third-order valence-electron chi connectivity index (χ3n) is 4.14. The van der Waals surface area contributed by atoms with Gasteiger partial charge in [0.15, 0.2) is 11.5 Å². The van der Waals surface area contributed by atoms with Crippen molar-refractivity contribution in [1.82, 2.24) is 4.98 Å². The molecule has 0 bridgehead atoms. The van der Waals surface area contributed by atoms with Crippen LogP contribution in [0.5, 0.6) is 11.5 Å². The van der Waals surface area contributed by atoms with Crippen LogP contribution in [-0.2, 0) is 12.8 Å². The molecule has 0 saturated carbocycles. The molecule has 4 heteroatoms. The minimum Gasteiger partial charge on any atom is -0.493 e. The molecule has 3 rings (SSSR count). The summed E-state index contributed by atoms with van der Waals surface area (Å²) in [5, 5.41) is 0. The number of hydrogen-bond donors (Lipinski definition) is 1. The first-order valence-corrected chi connectivity index (χ1v) is 8.22. The van der Waals surface area contributed by atoms with Gasteiger partial charge in [0.2, 0.25) is 0 Å². The first kappa shape index (κ1) is 16.8. The minimum absolute atomic E-state index is 0.566. The lowest BCUT2D eigenvalue weighted by atomic mass is 10.00. The molecule has 25 heavy (non-hydrogen) atoms. The largest absolute Gasteiger partial charge is 0.493 e. The normalized spacial score (nSPS) is 10.5. The van der Waals surface area contributed by atoms with E-state index >= 15 is 0 Å². The highest BCUT2D eigenvalue weighted by Crippen LogP contribution is 2.32. The summed E-state index contributed by atoms with van der Waals surface area (Å²) in [7, 11) is 3.29. The number of methoxy groups -OCH3 is 2. The first-order valence-electron chi connectivity index (χ1n) is 8.22. The van der Waals surface area contributed by atoms with Gasteiger partial charge in [0, 0.05) is 5.69 Å². The van der Waals surface area contributed by atoms with Crippen LogP contribution in [0.2, 0.25) is 0 Å². The number of aromatic nitrogens is 1. The Morgan fingerprint density at radius 3 is 2.32 bits per heavy atom. The number of rotatable bonds is 6. The zero-order valence-corrected chi connectivity index (χ0v) is 14.5. The van der Waals surface area contributed by atoms with Crippen molar-refractivity contribution in [2.45, 2.75) is 12.8 Å². The van der Waals surface area contributed by atoms with Crippen LogP contribution >= 0.6 is 0 Å². The number of nitrogens with two attached hydrogens (primary N) is 1. The number of anilines is 1. The van der Waals surface area contributed by atoms with Gasteiger partial charge in [0.05, 0.1) is 14.2 Å². The van der Waals surface area contributed by atoms with Crippen molar-refractivity contribution >= 4 is 5.82 Å². The van der Waals surface area contributed by atoms with Crippen LogP contribution in [0.25, 0.3) is 11.1 Å². The van der Waals surface area contributed by atoms with Crippen molar-refractivity contribution in [1.29, 1.82) is 0 Å². The van der Waals surface area contributed by atoms with Crippen LogP contribution in [0.4, 0.5) is 5.82 Å². The Balaban J connectivity index is 1.79. The first-order chi connectivity index (χ1) is 12.2. The predicted molar refractivity (Wildman–Crippen MR) is 101 cm³/mol. The standard InChI is InChI=1S/C21H22N2O2/c1-24-19-12-10-17(14-20(19)25-2)16-6-3-5-15(13-16)9-11-18-7-4-8-21(22)23-18/h3-8,10,12-14H,9,11H2,1-2H3,(H2,22,23). The fourth-order valence-electron chi connectivity index (χ4n) is 2.83. The average molecular weight is 334 g/mol. The van der Waals surface area contributed by atoms with Crippen molar-refractivity contribution in [2.24, 2.45) is 0 Å². The number of ether oxygens (including phenoxy) is 2. The molecule has 1 heterocycles. The molecule has 0 radical (unpaired) electrons. The lowest BCUT2D eigenvalue weighted by molar-refractivity contribution is 0.355. The Bertz CT molecular complexity index is 862. The second-order valence-electron chi connectivity index (χ2n) is 5.82. The fourth-order valence-corrected chi connectivity index (χ4v) is 2.83. The van der Waals surface area contributed by atoms with E-state index < -0.39 is 0 Å². The van der Waals surface area contributed by atoms with E-state index in [9.17, 15) is 0 Å². The zero-order valence-electron chi connectivity index (χ0n) is 14.5. The monoisotopic (exact) mass is 334 g/mol. The molecule has 0 atom stereocenters. The number of aryl methyl sites for hydroxylation is 2. The molecule has 128 valence electrons. The van der Waals surface area contributed by atoms with E-state index in [1.807, 2.05) is 30.3 Å². The molecule has 2 N–H and O–H groups in total. The van der Waals surface area contributed by atoms with Gasteiger partial charge >= 0.3 is 0 Å². The second kappa shape index (κ2) is 7.71.